The second-order valence-electron chi connectivity index (χ2n) is 6.53. The molecule has 0 amide bonds. The summed E-state index contributed by atoms with van der Waals surface area (Å²) in [5, 5.41) is 0. The molecule has 23 heavy (non-hydrogen) atoms. The highest BCUT2D eigenvalue weighted by Gasteiger charge is 2.41. The van der Waals surface area contributed by atoms with Crippen LogP contribution in [-0.4, -0.2) is 32.2 Å². The van der Waals surface area contributed by atoms with Crippen molar-refractivity contribution < 1.29 is 18.9 Å². The Labute approximate surface area is 141 Å². The average molecular weight is 324 g/mol. The van der Waals surface area contributed by atoms with Crippen molar-refractivity contribution in [3.8, 4) is 0 Å². The third kappa shape index (κ3) is 6.04. The van der Waals surface area contributed by atoms with Crippen LogP contribution in [0.4, 0.5) is 0 Å². The normalized spacial score (nSPS) is 27.3. The van der Waals surface area contributed by atoms with E-state index in [-0.39, 0.29) is 5.41 Å². The average Bonchev–Trinajstić information content (AvgIpc) is 2.53. The van der Waals surface area contributed by atoms with Gasteiger partial charge in [-0.25, -0.2) is 0 Å². The van der Waals surface area contributed by atoms with Crippen LogP contribution in [-0.2, 0) is 18.9 Å². The van der Waals surface area contributed by atoms with Gasteiger partial charge in [0, 0.05) is 12.8 Å². The summed E-state index contributed by atoms with van der Waals surface area (Å²) < 4.78 is 23.2. The van der Waals surface area contributed by atoms with Gasteiger partial charge in [0.1, 0.15) is 5.76 Å². The number of hydrogen-bond donors (Lipinski definition) is 0. The van der Waals surface area contributed by atoms with Crippen molar-refractivity contribution in [1.29, 1.82) is 0 Å². The van der Waals surface area contributed by atoms with Gasteiger partial charge in [-0.15, -0.1) is 0 Å². The van der Waals surface area contributed by atoms with Gasteiger partial charge in [0.2, 0.25) is 0 Å². The van der Waals surface area contributed by atoms with Crippen molar-refractivity contribution in [3.63, 3.8) is 0 Å². The molecule has 0 aromatic rings. The van der Waals surface area contributed by atoms with Crippen LogP contribution in [0.5, 0.6) is 0 Å². The quantitative estimate of drug-likeness (QED) is 0.435. The highest BCUT2D eigenvalue weighted by Crippen LogP contribution is 2.36. The minimum Gasteiger partial charge on any atom is -0.499 e. The minimum absolute atomic E-state index is 0.144. The molecule has 0 atom stereocenters. The SMILES string of the molecule is C=C(CCC1(C)OCC(CC)(COC(=C)C(=C)C)CO1)OCC. The van der Waals surface area contributed by atoms with Gasteiger partial charge in [0.05, 0.1) is 37.6 Å². The van der Waals surface area contributed by atoms with Crippen LogP contribution < -0.4 is 0 Å². The fraction of sp³-hybridized carbons (Fsp3) is 0.684. The second-order valence-corrected chi connectivity index (χ2v) is 6.53. The van der Waals surface area contributed by atoms with Gasteiger partial charge in [0.25, 0.3) is 0 Å². The molecule has 0 aliphatic carbocycles. The molecule has 4 heteroatoms. The largest absolute Gasteiger partial charge is 0.499 e. The summed E-state index contributed by atoms with van der Waals surface area (Å²) in [6, 6.07) is 0. The van der Waals surface area contributed by atoms with E-state index in [0.29, 0.717) is 32.2 Å². The smallest absolute Gasteiger partial charge is 0.165 e. The summed E-state index contributed by atoms with van der Waals surface area (Å²) in [5.74, 6) is 0.804. The minimum atomic E-state index is -0.593. The Bertz CT molecular complexity index is 431. The van der Waals surface area contributed by atoms with E-state index in [1.165, 1.54) is 0 Å². The van der Waals surface area contributed by atoms with Gasteiger partial charge in [0.15, 0.2) is 5.79 Å². The molecule has 0 unspecified atom stereocenters. The van der Waals surface area contributed by atoms with E-state index in [2.05, 4.69) is 26.7 Å². The molecule has 0 N–H and O–H groups in total. The molecule has 4 nitrogen and oxygen atoms in total. The lowest BCUT2D eigenvalue weighted by atomic mass is 9.86. The monoisotopic (exact) mass is 324 g/mol. The van der Waals surface area contributed by atoms with Crippen LogP contribution in [0.3, 0.4) is 0 Å². The highest BCUT2D eigenvalue weighted by molar-refractivity contribution is 5.16. The second kappa shape index (κ2) is 8.55. The molecule has 1 aliphatic rings. The molecule has 0 aromatic carbocycles. The molecule has 1 rings (SSSR count). The highest BCUT2D eigenvalue weighted by atomic mass is 16.7. The van der Waals surface area contributed by atoms with Crippen molar-refractivity contribution in [1.82, 2.24) is 0 Å². The summed E-state index contributed by atoms with van der Waals surface area (Å²) in [6.07, 6.45) is 2.37. The van der Waals surface area contributed by atoms with E-state index in [1.54, 1.807) is 0 Å². The first-order chi connectivity index (χ1) is 10.8. The number of hydrogen-bond acceptors (Lipinski definition) is 4. The van der Waals surface area contributed by atoms with Crippen LogP contribution in [0.25, 0.3) is 0 Å². The maximum atomic E-state index is 6.04. The summed E-state index contributed by atoms with van der Waals surface area (Å²) in [7, 11) is 0. The predicted molar refractivity (Wildman–Crippen MR) is 92.9 cm³/mol. The van der Waals surface area contributed by atoms with Crippen molar-refractivity contribution >= 4 is 0 Å². The number of rotatable bonds is 10. The van der Waals surface area contributed by atoms with Crippen LogP contribution in [0.15, 0.2) is 36.8 Å². The lowest BCUT2D eigenvalue weighted by Crippen LogP contribution is -2.50. The third-order valence-corrected chi connectivity index (χ3v) is 4.35. The summed E-state index contributed by atoms with van der Waals surface area (Å²) in [6.45, 7) is 21.9. The van der Waals surface area contributed by atoms with Crippen LogP contribution in [0, 0.1) is 5.41 Å². The zero-order valence-corrected chi connectivity index (χ0v) is 15.2. The van der Waals surface area contributed by atoms with E-state index in [4.69, 9.17) is 18.9 Å². The molecule has 0 spiro atoms. The van der Waals surface area contributed by atoms with Crippen molar-refractivity contribution in [2.45, 2.75) is 52.7 Å². The molecule has 1 fully saturated rings. The Morgan fingerprint density at radius 1 is 1.09 bits per heavy atom. The number of ether oxygens (including phenoxy) is 4. The predicted octanol–water partition coefficient (Wildman–Crippen LogP) is 4.58. The van der Waals surface area contributed by atoms with E-state index < -0.39 is 5.79 Å². The van der Waals surface area contributed by atoms with Crippen LogP contribution in [0.1, 0.15) is 47.0 Å². The molecular weight excluding hydrogens is 292 g/mol. The molecule has 132 valence electrons. The maximum absolute atomic E-state index is 6.04. The molecule has 0 radical (unpaired) electrons. The van der Waals surface area contributed by atoms with Crippen molar-refractivity contribution in [2.75, 3.05) is 26.4 Å². The lowest BCUT2D eigenvalue weighted by molar-refractivity contribution is -0.302. The molecule has 0 saturated carbocycles. The molecule has 0 aromatic heterocycles. The fourth-order valence-electron chi connectivity index (χ4n) is 2.23. The van der Waals surface area contributed by atoms with E-state index in [1.807, 2.05) is 20.8 Å². The Hall–Kier alpha value is -1.26. The molecule has 0 bridgehead atoms. The van der Waals surface area contributed by atoms with Crippen LogP contribution >= 0.6 is 0 Å². The molecule has 1 aliphatic heterocycles. The zero-order chi connectivity index (χ0) is 17.5. The topological polar surface area (TPSA) is 36.9 Å². The Morgan fingerprint density at radius 3 is 2.17 bits per heavy atom. The van der Waals surface area contributed by atoms with Gasteiger partial charge in [-0.3, -0.25) is 0 Å². The van der Waals surface area contributed by atoms with Crippen LogP contribution in [0.2, 0.25) is 0 Å². The maximum Gasteiger partial charge on any atom is 0.165 e. The van der Waals surface area contributed by atoms with Gasteiger partial charge in [-0.1, -0.05) is 26.7 Å². The first-order valence-electron chi connectivity index (χ1n) is 8.32. The molecular formula is C19H32O4. The van der Waals surface area contributed by atoms with Gasteiger partial charge in [-0.05, 0) is 32.8 Å². The molecule has 1 saturated heterocycles. The first kappa shape index (κ1) is 19.8. The van der Waals surface area contributed by atoms with Gasteiger partial charge >= 0.3 is 0 Å². The lowest BCUT2D eigenvalue weighted by Gasteiger charge is -2.44. The number of allylic oxidation sites excluding steroid dienone is 2. The first-order valence-corrected chi connectivity index (χ1v) is 8.32. The fourth-order valence-corrected chi connectivity index (χ4v) is 2.23. The van der Waals surface area contributed by atoms with Crippen molar-refractivity contribution in [2.24, 2.45) is 5.41 Å². The molecule has 1 heterocycles. The Kier molecular flexibility index (Phi) is 7.36. The Balaban J connectivity index is 2.51. The standard InChI is InChI=1S/C19H32O4/c1-8-19(12-21-17(6)15(3)4)13-22-18(7,23-14-19)11-10-16(5)20-9-2/h3,5-6,8-14H2,1-2,4,7H3. The van der Waals surface area contributed by atoms with E-state index in [0.717, 1.165) is 30.6 Å². The van der Waals surface area contributed by atoms with Crippen molar-refractivity contribution in [3.05, 3.63) is 36.8 Å². The zero-order valence-electron chi connectivity index (χ0n) is 15.2. The van der Waals surface area contributed by atoms with E-state index in [9.17, 15) is 0 Å². The summed E-state index contributed by atoms with van der Waals surface area (Å²) >= 11 is 0. The Morgan fingerprint density at radius 2 is 1.70 bits per heavy atom. The van der Waals surface area contributed by atoms with Gasteiger partial charge < -0.3 is 18.9 Å². The van der Waals surface area contributed by atoms with E-state index >= 15 is 0 Å². The summed E-state index contributed by atoms with van der Waals surface area (Å²) in [5.41, 5.74) is 0.697. The summed E-state index contributed by atoms with van der Waals surface area (Å²) in [4.78, 5) is 0. The van der Waals surface area contributed by atoms with Gasteiger partial charge in [-0.2, -0.15) is 0 Å². The third-order valence-electron chi connectivity index (χ3n) is 4.35.